The van der Waals surface area contributed by atoms with Crippen LogP contribution in [0.2, 0.25) is 0 Å². The van der Waals surface area contributed by atoms with Crippen LogP contribution in [0.3, 0.4) is 0 Å². The summed E-state index contributed by atoms with van der Waals surface area (Å²) in [6.45, 7) is 16.6. The van der Waals surface area contributed by atoms with Crippen LogP contribution in [0, 0.1) is 23.2 Å². The van der Waals surface area contributed by atoms with Gasteiger partial charge in [-0.05, 0) is 84.0 Å². The van der Waals surface area contributed by atoms with Gasteiger partial charge in [0.2, 0.25) is 23.5 Å². The van der Waals surface area contributed by atoms with Crippen LogP contribution in [0.4, 0.5) is 4.79 Å². The first kappa shape index (κ1) is 36.3. The van der Waals surface area contributed by atoms with Gasteiger partial charge in [-0.25, -0.2) is 4.79 Å². The molecule has 3 aliphatic rings. The second kappa shape index (κ2) is 14.1. The maximum Gasteiger partial charge on any atom is 0.408 e. The van der Waals surface area contributed by atoms with Crippen molar-refractivity contribution in [2.75, 3.05) is 13.1 Å². The third kappa shape index (κ3) is 9.42. The Balaban J connectivity index is 1.78. The number of nitrogens with one attached hydrogen (secondary N) is 4. The van der Waals surface area contributed by atoms with E-state index in [-0.39, 0.29) is 42.0 Å². The Hall–Kier alpha value is -3.18. The zero-order chi connectivity index (χ0) is 33.9. The molecule has 1 saturated heterocycles. The topological polar surface area (TPSA) is 163 Å². The SMILES string of the molecule is CCC[C@H](NC(=O)[C@@H]1C2C(CN1C(=O)[C@@H](NC(=O)OC(C)(C)C)C1CCCCC1)C2(C)C)C(=O)C(=O)NCC(=O)NC(C)(C)C. The number of hydrogen-bond acceptors (Lipinski definition) is 7. The Labute approximate surface area is 267 Å². The van der Waals surface area contributed by atoms with Gasteiger partial charge in [0, 0.05) is 12.1 Å². The lowest BCUT2D eigenvalue weighted by atomic mass is 9.83. The molecular weight excluding hydrogens is 578 g/mol. The Morgan fingerprint density at radius 3 is 2.11 bits per heavy atom. The highest BCUT2D eigenvalue weighted by atomic mass is 16.6. The van der Waals surface area contributed by atoms with Gasteiger partial charge in [-0.15, -0.1) is 0 Å². The summed E-state index contributed by atoms with van der Waals surface area (Å²) >= 11 is 0. The van der Waals surface area contributed by atoms with E-state index >= 15 is 0 Å². The molecule has 0 radical (unpaired) electrons. The van der Waals surface area contributed by atoms with Crippen molar-refractivity contribution in [1.29, 1.82) is 0 Å². The van der Waals surface area contributed by atoms with Crippen LogP contribution in [-0.2, 0) is 28.7 Å². The number of rotatable bonds is 11. The summed E-state index contributed by atoms with van der Waals surface area (Å²) in [5.41, 5.74) is -1.42. The number of hydrogen-bond donors (Lipinski definition) is 4. The lowest BCUT2D eigenvalue weighted by Gasteiger charge is -2.37. The third-order valence-corrected chi connectivity index (χ3v) is 9.18. The van der Waals surface area contributed by atoms with Crippen molar-refractivity contribution in [3.63, 3.8) is 0 Å². The van der Waals surface area contributed by atoms with Crippen LogP contribution in [-0.4, -0.2) is 82.8 Å². The monoisotopic (exact) mass is 633 g/mol. The zero-order valence-electron chi connectivity index (χ0n) is 28.6. The summed E-state index contributed by atoms with van der Waals surface area (Å²) in [5, 5.41) is 10.7. The van der Waals surface area contributed by atoms with E-state index in [1.165, 1.54) is 0 Å². The highest BCUT2D eigenvalue weighted by Gasteiger charge is 2.69. The maximum absolute atomic E-state index is 14.2. The predicted octanol–water partition coefficient (Wildman–Crippen LogP) is 2.83. The molecule has 3 rings (SSSR count). The van der Waals surface area contributed by atoms with Crippen molar-refractivity contribution in [1.82, 2.24) is 26.2 Å². The van der Waals surface area contributed by atoms with Crippen molar-refractivity contribution in [3.05, 3.63) is 0 Å². The molecule has 0 bridgehead atoms. The molecular formula is C33H55N5O7. The van der Waals surface area contributed by atoms with Gasteiger partial charge in [-0.1, -0.05) is 46.5 Å². The van der Waals surface area contributed by atoms with Gasteiger partial charge >= 0.3 is 6.09 Å². The summed E-state index contributed by atoms with van der Waals surface area (Å²) in [4.78, 5) is 80.7. The average molecular weight is 634 g/mol. The first-order valence-corrected chi connectivity index (χ1v) is 16.5. The summed E-state index contributed by atoms with van der Waals surface area (Å²) < 4.78 is 5.50. The second-order valence-corrected chi connectivity index (χ2v) is 15.6. The van der Waals surface area contributed by atoms with Gasteiger partial charge in [-0.3, -0.25) is 24.0 Å². The lowest BCUT2D eigenvalue weighted by Crippen LogP contribution is -2.60. The summed E-state index contributed by atoms with van der Waals surface area (Å²) in [6, 6.07) is -2.80. The highest BCUT2D eigenvalue weighted by Crippen LogP contribution is 2.65. The fourth-order valence-electron chi connectivity index (χ4n) is 6.96. The van der Waals surface area contributed by atoms with Crippen LogP contribution in [0.5, 0.6) is 0 Å². The van der Waals surface area contributed by atoms with Crippen LogP contribution in [0.1, 0.15) is 107 Å². The van der Waals surface area contributed by atoms with E-state index in [1.54, 1.807) is 46.4 Å². The number of Topliss-reactive ketones (excluding diaryl/α,β-unsaturated/α-hetero) is 1. The van der Waals surface area contributed by atoms with Gasteiger partial charge < -0.3 is 30.9 Å². The number of alkyl carbamates (subject to hydrolysis) is 1. The summed E-state index contributed by atoms with van der Waals surface area (Å²) in [7, 11) is 0. The third-order valence-electron chi connectivity index (χ3n) is 9.18. The molecule has 45 heavy (non-hydrogen) atoms. The summed E-state index contributed by atoms with van der Waals surface area (Å²) in [6.07, 6.45) is 4.60. The Bertz CT molecular complexity index is 1150. The highest BCUT2D eigenvalue weighted by molar-refractivity contribution is 6.38. The van der Waals surface area contributed by atoms with Crippen molar-refractivity contribution in [3.8, 4) is 0 Å². The lowest BCUT2D eigenvalue weighted by molar-refractivity contribution is -0.145. The number of carbonyl (C=O) groups excluding carboxylic acids is 6. The van der Waals surface area contributed by atoms with Crippen molar-refractivity contribution >= 4 is 35.5 Å². The molecule has 0 aromatic carbocycles. The molecule has 4 N–H and O–H groups in total. The molecule has 1 heterocycles. The molecule has 2 unspecified atom stereocenters. The van der Waals surface area contributed by atoms with E-state index in [0.29, 0.717) is 13.0 Å². The Morgan fingerprint density at radius 1 is 0.933 bits per heavy atom. The molecule has 5 atom stereocenters. The molecule has 12 heteroatoms. The molecule has 254 valence electrons. The molecule has 12 nitrogen and oxygen atoms in total. The van der Waals surface area contributed by atoms with E-state index < -0.39 is 58.9 Å². The van der Waals surface area contributed by atoms with Gasteiger partial charge in [0.1, 0.15) is 17.7 Å². The molecule has 5 amide bonds. The number of ether oxygens (including phenoxy) is 1. The minimum absolute atomic E-state index is 0.0824. The number of ketones is 1. The number of fused-ring (bicyclic) bond motifs is 1. The van der Waals surface area contributed by atoms with Crippen molar-refractivity contribution in [2.24, 2.45) is 23.2 Å². The summed E-state index contributed by atoms with van der Waals surface area (Å²) in [5.74, 6) is -3.17. The molecule has 0 aromatic heterocycles. The van der Waals surface area contributed by atoms with Gasteiger partial charge in [0.05, 0.1) is 12.6 Å². The van der Waals surface area contributed by atoms with Gasteiger partial charge in [-0.2, -0.15) is 0 Å². The first-order valence-electron chi connectivity index (χ1n) is 16.5. The van der Waals surface area contributed by atoms with E-state index in [1.807, 2.05) is 6.92 Å². The molecule has 1 aliphatic heterocycles. The molecule has 2 aliphatic carbocycles. The van der Waals surface area contributed by atoms with Crippen molar-refractivity contribution < 1.29 is 33.5 Å². The number of likely N-dealkylation sites (tertiary alicyclic amines) is 1. The maximum atomic E-state index is 14.2. The molecule has 2 saturated carbocycles. The molecule has 3 fully saturated rings. The van der Waals surface area contributed by atoms with Crippen LogP contribution in [0.15, 0.2) is 0 Å². The minimum Gasteiger partial charge on any atom is -0.444 e. The van der Waals surface area contributed by atoms with E-state index in [2.05, 4.69) is 35.1 Å². The van der Waals surface area contributed by atoms with Gasteiger partial charge in [0.15, 0.2) is 0 Å². The molecule has 0 aromatic rings. The Kier molecular flexibility index (Phi) is 11.3. The zero-order valence-corrected chi connectivity index (χ0v) is 28.6. The quantitative estimate of drug-likeness (QED) is 0.254. The van der Waals surface area contributed by atoms with E-state index in [0.717, 1.165) is 32.1 Å². The number of nitrogens with zero attached hydrogens (tertiary/aromatic N) is 1. The standard InChI is InChI=1S/C33H55N5O7/c1-10-14-21(26(40)28(42)34-17-22(39)37-31(2,3)4)35-27(41)25-23-20(33(23,8)9)18-38(25)29(43)24(19-15-12-11-13-16-19)36-30(44)45-32(5,6)7/h19-21,23-25H,10-18H2,1-9H3,(H,34,42)(H,35,41)(H,36,44)(H,37,39)/t20?,21-,23?,24-,25-/m0/s1. The normalized spacial score (nSPS) is 24.0. The largest absolute Gasteiger partial charge is 0.444 e. The number of carbonyl (C=O) groups is 6. The van der Waals surface area contributed by atoms with Crippen molar-refractivity contribution in [2.45, 2.75) is 137 Å². The Morgan fingerprint density at radius 2 is 1.56 bits per heavy atom. The number of piperidine rings is 1. The van der Waals surface area contributed by atoms with E-state index in [4.69, 9.17) is 4.74 Å². The second-order valence-electron chi connectivity index (χ2n) is 15.6. The van der Waals surface area contributed by atoms with Gasteiger partial charge in [0.25, 0.3) is 5.91 Å². The first-order chi connectivity index (χ1) is 20.8. The fraction of sp³-hybridized carbons (Fsp3) is 0.818. The smallest absolute Gasteiger partial charge is 0.408 e. The number of amides is 5. The fourth-order valence-corrected chi connectivity index (χ4v) is 6.96. The molecule has 0 spiro atoms. The average Bonchev–Trinajstić information content (AvgIpc) is 3.24. The van der Waals surface area contributed by atoms with E-state index in [9.17, 15) is 28.8 Å². The predicted molar refractivity (Wildman–Crippen MR) is 169 cm³/mol. The van der Waals surface area contributed by atoms with Crippen LogP contribution >= 0.6 is 0 Å². The minimum atomic E-state index is -1.11. The van der Waals surface area contributed by atoms with Crippen LogP contribution in [0.25, 0.3) is 0 Å². The van der Waals surface area contributed by atoms with Crippen LogP contribution < -0.4 is 21.3 Å².